The topological polar surface area (TPSA) is 93.9 Å². The fraction of sp³-hybridized carbons (Fsp3) is 0.556. The van der Waals surface area contributed by atoms with Crippen molar-refractivity contribution >= 4 is 11.9 Å². The quantitative estimate of drug-likeness (QED) is 0.781. The summed E-state index contributed by atoms with van der Waals surface area (Å²) in [6, 6.07) is 5.46. The normalized spacial score (nSPS) is 17.8. The lowest BCUT2D eigenvalue weighted by molar-refractivity contribution is -0.122. The monoisotopic (exact) mass is 349 g/mol. The number of hydrogen-bond donors (Lipinski definition) is 2. The molecule has 0 aliphatic carbocycles. The third kappa shape index (κ3) is 5.63. The zero-order chi connectivity index (χ0) is 18.2. The van der Waals surface area contributed by atoms with Gasteiger partial charge in [0.2, 0.25) is 5.91 Å². The first-order chi connectivity index (χ1) is 12.0. The highest BCUT2D eigenvalue weighted by molar-refractivity contribution is 5.94. The lowest BCUT2D eigenvalue weighted by atomic mass is 9.95. The van der Waals surface area contributed by atoms with E-state index in [-0.39, 0.29) is 12.5 Å². The molecule has 0 spiro atoms. The maximum Gasteiger partial charge on any atom is 0.318 e. The number of benzene rings is 1. The standard InChI is InChI=1S/C18H27N3O4/c1-24-15-9-7-13(11-16(15)25-2)6-8-14-5-3-4-10-21(14)12-17(22)20-18(19)23/h7,9,11,14H,3-6,8,10,12H2,1-2H3,(H3,19,20,22,23)/t14-/m1/s1. The molecule has 0 radical (unpaired) electrons. The van der Waals surface area contributed by atoms with Crippen LogP contribution in [0.1, 0.15) is 31.2 Å². The number of piperidine rings is 1. The number of rotatable bonds is 7. The van der Waals surface area contributed by atoms with Crippen molar-refractivity contribution in [1.82, 2.24) is 10.2 Å². The van der Waals surface area contributed by atoms with Crippen LogP contribution in [0.3, 0.4) is 0 Å². The second-order valence-electron chi connectivity index (χ2n) is 6.26. The number of carbonyl (C=O) groups is 2. The summed E-state index contributed by atoms with van der Waals surface area (Å²) < 4.78 is 10.6. The van der Waals surface area contributed by atoms with Crippen LogP contribution in [0, 0.1) is 0 Å². The van der Waals surface area contributed by atoms with E-state index in [0.717, 1.165) is 44.4 Å². The molecule has 3 amide bonds. The fourth-order valence-corrected chi connectivity index (χ4v) is 3.33. The first-order valence-electron chi connectivity index (χ1n) is 8.57. The van der Waals surface area contributed by atoms with Crippen molar-refractivity contribution in [2.75, 3.05) is 27.3 Å². The summed E-state index contributed by atoms with van der Waals surface area (Å²) in [6.45, 7) is 1.07. The smallest absolute Gasteiger partial charge is 0.318 e. The number of nitrogens with two attached hydrogens (primary N) is 1. The van der Waals surface area contributed by atoms with Gasteiger partial charge in [-0.2, -0.15) is 0 Å². The number of aryl methyl sites for hydroxylation is 1. The number of urea groups is 1. The molecule has 1 aromatic carbocycles. The SMILES string of the molecule is COc1ccc(CC[C@H]2CCCCN2CC(=O)NC(N)=O)cc1OC. The van der Waals surface area contributed by atoms with Gasteiger partial charge in [0.05, 0.1) is 20.8 Å². The van der Waals surface area contributed by atoms with Gasteiger partial charge >= 0.3 is 6.03 Å². The Kier molecular flexibility index (Phi) is 7.06. The Bertz CT molecular complexity index is 606. The van der Waals surface area contributed by atoms with E-state index in [9.17, 15) is 9.59 Å². The van der Waals surface area contributed by atoms with Crippen LogP contribution in [0.25, 0.3) is 0 Å². The number of carbonyl (C=O) groups excluding carboxylic acids is 2. The highest BCUT2D eigenvalue weighted by Gasteiger charge is 2.24. The number of imide groups is 1. The van der Waals surface area contributed by atoms with Gasteiger partial charge in [0.25, 0.3) is 0 Å². The zero-order valence-electron chi connectivity index (χ0n) is 14.9. The Morgan fingerprint density at radius 3 is 2.68 bits per heavy atom. The van der Waals surface area contributed by atoms with Crippen LogP contribution >= 0.6 is 0 Å². The molecule has 2 rings (SSSR count). The molecule has 0 bridgehead atoms. The average Bonchev–Trinajstić information content (AvgIpc) is 2.60. The Labute approximate surface area is 148 Å². The molecule has 0 aromatic heterocycles. The highest BCUT2D eigenvalue weighted by atomic mass is 16.5. The molecule has 1 saturated heterocycles. The van der Waals surface area contributed by atoms with Gasteiger partial charge in [-0.1, -0.05) is 12.5 Å². The number of primary amides is 1. The maximum atomic E-state index is 11.8. The number of nitrogens with one attached hydrogen (secondary N) is 1. The van der Waals surface area contributed by atoms with Gasteiger partial charge in [0, 0.05) is 6.04 Å². The molecule has 0 unspecified atom stereocenters. The summed E-state index contributed by atoms with van der Waals surface area (Å²) in [5.74, 6) is 1.10. The summed E-state index contributed by atoms with van der Waals surface area (Å²) in [7, 11) is 3.25. The van der Waals surface area contributed by atoms with Gasteiger partial charge in [0.15, 0.2) is 11.5 Å². The Hall–Kier alpha value is -2.28. The van der Waals surface area contributed by atoms with Crippen LogP contribution in [0.2, 0.25) is 0 Å². The molecule has 1 atom stereocenters. The zero-order valence-corrected chi connectivity index (χ0v) is 14.9. The van der Waals surface area contributed by atoms with E-state index in [1.807, 2.05) is 18.2 Å². The van der Waals surface area contributed by atoms with E-state index < -0.39 is 6.03 Å². The lowest BCUT2D eigenvalue weighted by Gasteiger charge is -2.35. The van der Waals surface area contributed by atoms with Crippen molar-refractivity contribution in [1.29, 1.82) is 0 Å². The Balaban J connectivity index is 1.95. The molecule has 7 heteroatoms. The molecule has 25 heavy (non-hydrogen) atoms. The summed E-state index contributed by atoms with van der Waals surface area (Å²) in [5, 5.41) is 2.14. The van der Waals surface area contributed by atoms with Gasteiger partial charge < -0.3 is 15.2 Å². The predicted molar refractivity (Wildman–Crippen MR) is 94.8 cm³/mol. The first-order valence-corrected chi connectivity index (χ1v) is 8.57. The molecule has 1 fully saturated rings. The van der Waals surface area contributed by atoms with E-state index in [4.69, 9.17) is 15.2 Å². The molecule has 138 valence electrons. The van der Waals surface area contributed by atoms with Crippen LogP contribution in [-0.2, 0) is 11.2 Å². The number of hydrogen-bond acceptors (Lipinski definition) is 5. The van der Waals surface area contributed by atoms with Crippen LogP contribution in [0.15, 0.2) is 18.2 Å². The minimum absolute atomic E-state index is 0.208. The molecule has 7 nitrogen and oxygen atoms in total. The molecule has 1 heterocycles. The number of likely N-dealkylation sites (tertiary alicyclic amines) is 1. The fourth-order valence-electron chi connectivity index (χ4n) is 3.33. The number of nitrogens with zero attached hydrogens (tertiary/aromatic N) is 1. The van der Waals surface area contributed by atoms with Crippen LogP contribution in [0.5, 0.6) is 11.5 Å². The van der Waals surface area contributed by atoms with Crippen molar-refractivity contribution in [3.8, 4) is 11.5 Å². The Morgan fingerprint density at radius 2 is 2.00 bits per heavy atom. The van der Waals surface area contributed by atoms with Crippen molar-refractivity contribution in [3.63, 3.8) is 0 Å². The van der Waals surface area contributed by atoms with Crippen LogP contribution in [0.4, 0.5) is 4.79 Å². The van der Waals surface area contributed by atoms with E-state index in [2.05, 4.69) is 10.2 Å². The minimum atomic E-state index is -0.802. The highest BCUT2D eigenvalue weighted by Crippen LogP contribution is 2.29. The summed E-state index contributed by atoms with van der Waals surface area (Å²) in [5.41, 5.74) is 6.18. The molecular formula is C18H27N3O4. The summed E-state index contributed by atoms with van der Waals surface area (Å²) in [4.78, 5) is 24.8. The van der Waals surface area contributed by atoms with Gasteiger partial charge in [-0.25, -0.2) is 4.79 Å². The average molecular weight is 349 g/mol. The van der Waals surface area contributed by atoms with Crippen molar-refractivity contribution < 1.29 is 19.1 Å². The van der Waals surface area contributed by atoms with Gasteiger partial charge in [-0.05, 0) is 49.9 Å². The largest absolute Gasteiger partial charge is 0.493 e. The van der Waals surface area contributed by atoms with Crippen molar-refractivity contribution in [3.05, 3.63) is 23.8 Å². The van der Waals surface area contributed by atoms with E-state index in [1.54, 1.807) is 14.2 Å². The molecule has 1 aliphatic heterocycles. The molecular weight excluding hydrogens is 322 g/mol. The second kappa shape index (κ2) is 9.27. The van der Waals surface area contributed by atoms with E-state index >= 15 is 0 Å². The number of amides is 3. The minimum Gasteiger partial charge on any atom is -0.493 e. The Morgan fingerprint density at radius 1 is 1.24 bits per heavy atom. The number of methoxy groups -OCH3 is 2. The van der Waals surface area contributed by atoms with Crippen molar-refractivity contribution in [2.24, 2.45) is 5.73 Å². The molecule has 1 aromatic rings. The van der Waals surface area contributed by atoms with Crippen LogP contribution in [-0.4, -0.2) is 50.2 Å². The van der Waals surface area contributed by atoms with E-state index in [1.165, 1.54) is 5.56 Å². The van der Waals surface area contributed by atoms with E-state index in [0.29, 0.717) is 11.8 Å². The van der Waals surface area contributed by atoms with Crippen molar-refractivity contribution in [2.45, 2.75) is 38.1 Å². The second-order valence-corrected chi connectivity index (χ2v) is 6.26. The molecule has 3 N–H and O–H groups in total. The molecule has 1 aliphatic rings. The summed E-state index contributed by atoms with van der Waals surface area (Å²) >= 11 is 0. The first kappa shape index (κ1) is 19.1. The van der Waals surface area contributed by atoms with Gasteiger partial charge in [-0.15, -0.1) is 0 Å². The predicted octanol–water partition coefficient (Wildman–Crippen LogP) is 1.69. The summed E-state index contributed by atoms with van der Waals surface area (Å²) in [6.07, 6.45) is 5.11. The van der Waals surface area contributed by atoms with Gasteiger partial charge in [-0.3, -0.25) is 15.0 Å². The lowest BCUT2D eigenvalue weighted by Crippen LogP contribution is -2.47. The number of ether oxygens (including phenoxy) is 2. The third-order valence-electron chi connectivity index (χ3n) is 4.57. The maximum absolute atomic E-state index is 11.8. The van der Waals surface area contributed by atoms with Gasteiger partial charge in [0.1, 0.15) is 0 Å². The van der Waals surface area contributed by atoms with Crippen LogP contribution < -0.4 is 20.5 Å². The third-order valence-corrected chi connectivity index (χ3v) is 4.57. The molecule has 0 saturated carbocycles.